The highest BCUT2D eigenvalue weighted by Crippen LogP contribution is 2.21. The van der Waals surface area contributed by atoms with Gasteiger partial charge in [0.05, 0.1) is 18.4 Å². The van der Waals surface area contributed by atoms with Gasteiger partial charge < -0.3 is 15.0 Å². The van der Waals surface area contributed by atoms with Crippen molar-refractivity contribution in [3.05, 3.63) is 29.3 Å². The number of anilines is 1. The Labute approximate surface area is 111 Å². The first kappa shape index (κ1) is 15.4. The maximum absolute atomic E-state index is 13.7. The van der Waals surface area contributed by atoms with E-state index in [0.717, 1.165) is 13.7 Å². The molecule has 0 bridgehead atoms. The maximum atomic E-state index is 13.7. The molecule has 19 heavy (non-hydrogen) atoms. The van der Waals surface area contributed by atoms with Crippen LogP contribution in [-0.2, 0) is 4.74 Å². The Hall–Kier alpha value is -1.69. The molecule has 0 aliphatic heterocycles. The van der Waals surface area contributed by atoms with E-state index < -0.39 is 23.2 Å². The predicted octanol–water partition coefficient (Wildman–Crippen LogP) is 2.12. The lowest BCUT2D eigenvalue weighted by Gasteiger charge is -2.15. The van der Waals surface area contributed by atoms with Crippen molar-refractivity contribution in [2.75, 3.05) is 39.1 Å². The van der Waals surface area contributed by atoms with E-state index in [4.69, 9.17) is 0 Å². The summed E-state index contributed by atoms with van der Waals surface area (Å²) in [4.78, 5) is 13.2. The third-order valence-electron chi connectivity index (χ3n) is 2.84. The number of nitrogens with one attached hydrogen (secondary N) is 1. The number of benzene rings is 1. The van der Waals surface area contributed by atoms with Crippen LogP contribution in [0, 0.1) is 11.6 Å². The summed E-state index contributed by atoms with van der Waals surface area (Å²) in [5.41, 5.74) is -0.370. The van der Waals surface area contributed by atoms with E-state index in [0.29, 0.717) is 13.1 Å². The minimum Gasteiger partial charge on any atom is -0.465 e. The van der Waals surface area contributed by atoms with Crippen molar-refractivity contribution in [2.24, 2.45) is 0 Å². The molecule has 0 aliphatic carbocycles. The molecule has 0 aliphatic rings. The average molecular weight is 272 g/mol. The first-order valence-electron chi connectivity index (χ1n) is 6.00. The number of carbonyl (C=O) groups is 1. The number of rotatable bonds is 6. The molecule has 0 heterocycles. The van der Waals surface area contributed by atoms with Gasteiger partial charge in [0, 0.05) is 13.1 Å². The lowest BCUT2D eigenvalue weighted by atomic mass is 10.2. The molecule has 1 aromatic rings. The Morgan fingerprint density at radius 3 is 2.63 bits per heavy atom. The van der Waals surface area contributed by atoms with Gasteiger partial charge in [0.25, 0.3) is 0 Å². The highest BCUT2D eigenvalue weighted by atomic mass is 19.2. The maximum Gasteiger partial charge on any atom is 0.340 e. The lowest BCUT2D eigenvalue weighted by molar-refractivity contribution is 0.0594. The zero-order valence-electron chi connectivity index (χ0n) is 11.3. The molecule has 106 valence electrons. The van der Waals surface area contributed by atoms with Crippen molar-refractivity contribution >= 4 is 11.7 Å². The van der Waals surface area contributed by atoms with Crippen molar-refractivity contribution in [1.82, 2.24) is 4.90 Å². The summed E-state index contributed by atoms with van der Waals surface area (Å²) in [6.07, 6.45) is 0. The van der Waals surface area contributed by atoms with Gasteiger partial charge in [-0.25, -0.2) is 13.6 Å². The Morgan fingerprint density at radius 2 is 2.05 bits per heavy atom. The molecule has 0 amide bonds. The summed E-state index contributed by atoms with van der Waals surface area (Å²) in [5.74, 6) is -3.16. The average Bonchev–Trinajstić information content (AvgIpc) is 2.42. The monoisotopic (exact) mass is 272 g/mol. The van der Waals surface area contributed by atoms with Gasteiger partial charge >= 0.3 is 5.97 Å². The quantitative estimate of drug-likeness (QED) is 0.805. The fourth-order valence-electron chi connectivity index (χ4n) is 1.49. The Kier molecular flexibility index (Phi) is 5.69. The van der Waals surface area contributed by atoms with E-state index in [-0.39, 0.29) is 5.69 Å². The van der Waals surface area contributed by atoms with Gasteiger partial charge in [-0.1, -0.05) is 6.92 Å². The van der Waals surface area contributed by atoms with Crippen LogP contribution in [0.4, 0.5) is 14.5 Å². The summed E-state index contributed by atoms with van der Waals surface area (Å²) in [6.45, 7) is 4.07. The molecule has 0 aromatic heterocycles. The van der Waals surface area contributed by atoms with Crippen molar-refractivity contribution in [3.8, 4) is 0 Å². The van der Waals surface area contributed by atoms with Crippen LogP contribution in [-0.4, -0.2) is 44.7 Å². The molecule has 0 spiro atoms. The summed E-state index contributed by atoms with van der Waals surface area (Å²) >= 11 is 0. The molecular weight excluding hydrogens is 254 g/mol. The van der Waals surface area contributed by atoms with Gasteiger partial charge in [-0.05, 0) is 25.7 Å². The molecule has 0 fully saturated rings. The van der Waals surface area contributed by atoms with E-state index in [1.165, 1.54) is 12.1 Å². The third-order valence-corrected chi connectivity index (χ3v) is 2.84. The van der Waals surface area contributed by atoms with Gasteiger partial charge in [0.15, 0.2) is 11.6 Å². The summed E-state index contributed by atoms with van der Waals surface area (Å²) < 4.78 is 31.7. The van der Waals surface area contributed by atoms with Gasteiger partial charge in [-0.15, -0.1) is 0 Å². The number of halogens is 2. The fourth-order valence-corrected chi connectivity index (χ4v) is 1.49. The Bertz CT molecular complexity index is 453. The van der Waals surface area contributed by atoms with Crippen molar-refractivity contribution < 1.29 is 18.3 Å². The molecule has 0 radical (unpaired) electrons. The number of carbonyl (C=O) groups excluding carboxylic acids is 1. The number of esters is 1. The van der Waals surface area contributed by atoms with Crippen LogP contribution in [0.2, 0.25) is 0 Å². The van der Waals surface area contributed by atoms with Crippen LogP contribution in [0.5, 0.6) is 0 Å². The number of hydrogen-bond acceptors (Lipinski definition) is 4. The van der Waals surface area contributed by atoms with Crippen molar-refractivity contribution in [2.45, 2.75) is 6.92 Å². The predicted molar refractivity (Wildman–Crippen MR) is 69.4 cm³/mol. The van der Waals surface area contributed by atoms with E-state index in [1.54, 1.807) is 0 Å². The second kappa shape index (κ2) is 7.04. The number of nitrogens with zero attached hydrogens (tertiary/aromatic N) is 1. The minimum absolute atomic E-state index is 0.0367. The number of hydrogen-bond donors (Lipinski definition) is 1. The van der Waals surface area contributed by atoms with Crippen LogP contribution in [0.1, 0.15) is 17.3 Å². The molecule has 1 aromatic carbocycles. The summed E-state index contributed by atoms with van der Waals surface area (Å²) in [6, 6.07) is 2.53. The molecule has 0 unspecified atom stereocenters. The van der Waals surface area contributed by atoms with Crippen LogP contribution in [0.25, 0.3) is 0 Å². The zero-order valence-corrected chi connectivity index (χ0v) is 11.3. The SMILES string of the molecule is CCN(C)CCNc1ccc(C(=O)OC)c(F)c1F. The summed E-state index contributed by atoms with van der Waals surface area (Å²) in [5, 5.41) is 2.79. The summed E-state index contributed by atoms with van der Waals surface area (Å²) in [7, 11) is 3.05. The van der Waals surface area contributed by atoms with Crippen molar-refractivity contribution in [1.29, 1.82) is 0 Å². The molecule has 0 saturated carbocycles. The topological polar surface area (TPSA) is 41.6 Å². The van der Waals surface area contributed by atoms with E-state index in [1.807, 2.05) is 18.9 Å². The van der Waals surface area contributed by atoms with E-state index in [2.05, 4.69) is 10.1 Å². The molecular formula is C13H18F2N2O2. The number of ether oxygens (including phenoxy) is 1. The fraction of sp³-hybridized carbons (Fsp3) is 0.462. The Balaban J connectivity index is 2.76. The Morgan fingerprint density at radius 1 is 1.37 bits per heavy atom. The van der Waals surface area contributed by atoms with Gasteiger partial charge in [-0.3, -0.25) is 0 Å². The van der Waals surface area contributed by atoms with Crippen LogP contribution < -0.4 is 5.32 Å². The second-order valence-corrected chi connectivity index (χ2v) is 4.10. The molecule has 1 N–H and O–H groups in total. The van der Waals surface area contributed by atoms with Gasteiger partial charge in [-0.2, -0.15) is 0 Å². The molecule has 0 saturated heterocycles. The van der Waals surface area contributed by atoms with E-state index in [9.17, 15) is 13.6 Å². The van der Waals surface area contributed by atoms with E-state index >= 15 is 0 Å². The van der Waals surface area contributed by atoms with Crippen molar-refractivity contribution in [3.63, 3.8) is 0 Å². The molecule has 4 nitrogen and oxygen atoms in total. The first-order valence-corrected chi connectivity index (χ1v) is 6.00. The van der Waals surface area contributed by atoms with Gasteiger partial charge in [0.2, 0.25) is 0 Å². The van der Waals surface area contributed by atoms with Crippen LogP contribution in [0.3, 0.4) is 0 Å². The largest absolute Gasteiger partial charge is 0.465 e. The van der Waals surface area contributed by atoms with Crippen LogP contribution >= 0.6 is 0 Å². The third kappa shape index (κ3) is 3.89. The number of likely N-dealkylation sites (N-methyl/N-ethyl adjacent to an activating group) is 1. The van der Waals surface area contributed by atoms with Gasteiger partial charge in [0.1, 0.15) is 0 Å². The molecule has 1 rings (SSSR count). The standard InChI is InChI=1S/C13H18F2N2O2/c1-4-17(2)8-7-16-10-6-5-9(13(18)19-3)11(14)12(10)15/h5-6,16H,4,7-8H2,1-3H3. The minimum atomic E-state index is -1.19. The normalized spacial score (nSPS) is 10.6. The first-order chi connectivity index (χ1) is 9.01. The zero-order chi connectivity index (χ0) is 14.4. The highest BCUT2D eigenvalue weighted by Gasteiger charge is 2.18. The smallest absolute Gasteiger partial charge is 0.340 e. The lowest BCUT2D eigenvalue weighted by Crippen LogP contribution is -2.25. The second-order valence-electron chi connectivity index (χ2n) is 4.10. The molecule has 0 atom stereocenters. The number of methoxy groups -OCH3 is 1. The highest BCUT2D eigenvalue weighted by molar-refractivity contribution is 5.90. The van der Waals surface area contributed by atoms with Crippen LogP contribution in [0.15, 0.2) is 12.1 Å². The molecule has 6 heteroatoms.